The van der Waals surface area contributed by atoms with Crippen LogP contribution in [-0.2, 0) is 13.1 Å². The van der Waals surface area contributed by atoms with Gasteiger partial charge in [-0.2, -0.15) is 5.10 Å². The summed E-state index contributed by atoms with van der Waals surface area (Å²) in [5, 5.41) is 8.29. The van der Waals surface area contributed by atoms with Gasteiger partial charge in [0.25, 0.3) is 11.8 Å². The third kappa shape index (κ3) is 3.32. The third-order valence-electron chi connectivity index (χ3n) is 4.65. The summed E-state index contributed by atoms with van der Waals surface area (Å²) in [6.07, 6.45) is 1.59. The van der Waals surface area contributed by atoms with Crippen LogP contribution in [-0.4, -0.2) is 43.6 Å². The van der Waals surface area contributed by atoms with Gasteiger partial charge < -0.3 is 15.2 Å². The van der Waals surface area contributed by atoms with Crippen LogP contribution in [0, 0.1) is 0 Å². The second-order valence-electron chi connectivity index (χ2n) is 7.93. The smallest absolute Gasteiger partial charge is 0.270 e. The molecule has 4 rings (SSSR count). The molecule has 1 aliphatic heterocycles. The second kappa shape index (κ2) is 6.26. The monoisotopic (exact) mass is 365 g/mol. The lowest BCUT2D eigenvalue weighted by atomic mass is 10.1. The molecule has 0 aliphatic carbocycles. The summed E-state index contributed by atoms with van der Waals surface area (Å²) >= 11 is 0. The molecule has 7 heteroatoms. The van der Waals surface area contributed by atoms with Crippen LogP contribution in [0.2, 0.25) is 0 Å². The van der Waals surface area contributed by atoms with E-state index < -0.39 is 0 Å². The normalized spacial score (nSPS) is 14.3. The number of hydrogen-bond acceptors (Lipinski definition) is 3. The highest BCUT2D eigenvalue weighted by atomic mass is 16.2. The van der Waals surface area contributed by atoms with Gasteiger partial charge in [0.05, 0.1) is 30.5 Å². The van der Waals surface area contributed by atoms with Crippen molar-refractivity contribution in [1.29, 1.82) is 0 Å². The number of aromatic nitrogens is 3. The number of carbonyl (C=O) groups is 2. The number of benzene rings is 1. The van der Waals surface area contributed by atoms with Crippen LogP contribution in [0.4, 0.5) is 0 Å². The van der Waals surface area contributed by atoms with Crippen molar-refractivity contribution in [2.75, 3.05) is 6.54 Å². The van der Waals surface area contributed by atoms with Crippen LogP contribution in [0.1, 0.15) is 47.3 Å². The fourth-order valence-corrected chi connectivity index (χ4v) is 3.38. The van der Waals surface area contributed by atoms with E-state index in [0.29, 0.717) is 30.9 Å². The minimum absolute atomic E-state index is 0.0687. The number of nitrogens with zero attached hydrogens (tertiary/aromatic N) is 3. The first-order chi connectivity index (χ1) is 12.8. The second-order valence-corrected chi connectivity index (χ2v) is 7.93. The highest BCUT2D eigenvalue weighted by Crippen LogP contribution is 2.21. The largest absolute Gasteiger partial charge is 0.351 e. The number of amides is 2. The van der Waals surface area contributed by atoms with E-state index >= 15 is 0 Å². The molecule has 1 aliphatic rings. The first-order valence-electron chi connectivity index (χ1n) is 9.06. The molecule has 2 amide bonds. The molecule has 2 aromatic heterocycles. The van der Waals surface area contributed by atoms with Gasteiger partial charge in [0.1, 0.15) is 5.69 Å². The van der Waals surface area contributed by atoms with Crippen molar-refractivity contribution in [3.8, 4) is 0 Å². The maximum atomic E-state index is 13.0. The van der Waals surface area contributed by atoms with Gasteiger partial charge in [-0.3, -0.25) is 14.3 Å². The Balaban J connectivity index is 1.58. The molecule has 0 saturated heterocycles. The first kappa shape index (κ1) is 17.3. The van der Waals surface area contributed by atoms with Crippen molar-refractivity contribution in [3.63, 3.8) is 0 Å². The van der Waals surface area contributed by atoms with Crippen molar-refractivity contribution < 1.29 is 9.59 Å². The topological polar surface area (TPSA) is 83.0 Å². The number of carbonyl (C=O) groups excluding carboxylic acids is 2. The number of hydrogen-bond donors (Lipinski definition) is 2. The molecule has 1 aromatic carbocycles. The molecule has 0 spiro atoms. The quantitative estimate of drug-likeness (QED) is 0.732. The Bertz CT molecular complexity index is 992. The predicted octanol–water partition coefficient (Wildman–Crippen LogP) is 2.55. The van der Waals surface area contributed by atoms with Crippen molar-refractivity contribution in [3.05, 3.63) is 53.5 Å². The van der Waals surface area contributed by atoms with Gasteiger partial charge in [-0.15, -0.1) is 0 Å². The summed E-state index contributed by atoms with van der Waals surface area (Å²) in [6.45, 7) is 7.31. The molecule has 0 unspecified atom stereocenters. The molecular formula is C20H23N5O2. The van der Waals surface area contributed by atoms with E-state index in [9.17, 15) is 9.59 Å². The number of rotatable bonds is 2. The van der Waals surface area contributed by atoms with Crippen LogP contribution >= 0.6 is 0 Å². The van der Waals surface area contributed by atoms with Crippen molar-refractivity contribution in [2.24, 2.45) is 0 Å². The lowest BCUT2D eigenvalue weighted by molar-refractivity contribution is 0.0697. The van der Waals surface area contributed by atoms with Gasteiger partial charge in [-0.05, 0) is 32.9 Å². The van der Waals surface area contributed by atoms with Crippen molar-refractivity contribution >= 4 is 22.7 Å². The molecular weight excluding hydrogens is 342 g/mol. The molecule has 140 valence electrons. The van der Waals surface area contributed by atoms with Crippen LogP contribution in [0.25, 0.3) is 10.9 Å². The number of H-pyrrole nitrogens is 1. The molecule has 0 saturated carbocycles. The number of para-hydroxylation sites is 1. The Morgan fingerprint density at radius 1 is 1.19 bits per heavy atom. The SMILES string of the molecule is CC(C)(C)NC(=O)c1cnn2c1CN(C(=O)c1cc3ccccc3[nH]1)CC2. The minimum Gasteiger partial charge on any atom is -0.351 e. The van der Waals surface area contributed by atoms with Crippen molar-refractivity contribution in [1.82, 2.24) is 25.0 Å². The van der Waals surface area contributed by atoms with Gasteiger partial charge in [-0.1, -0.05) is 18.2 Å². The molecule has 3 heterocycles. The fraction of sp³-hybridized carbons (Fsp3) is 0.350. The van der Waals surface area contributed by atoms with E-state index in [4.69, 9.17) is 0 Å². The Labute approximate surface area is 157 Å². The lowest BCUT2D eigenvalue weighted by Gasteiger charge is -2.28. The summed E-state index contributed by atoms with van der Waals surface area (Å²) < 4.78 is 1.81. The molecule has 0 radical (unpaired) electrons. The molecule has 7 nitrogen and oxygen atoms in total. The maximum Gasteiger partial charge on any atom is 0.270 e. The zero-order valence-electron chi connectivity index (χ0n) is 15.7. The Morgan fingerprint density at radius 3 is 2.70 bits per heavy atom. The molecule has 0 atom stereocenters. The minimum atomic E-state index is -0.333. The van der Waals surface area contributed by atoms with E-state index in [1.54, 1.807) is 11.1 Å². The standard InChI is InChI=1S/C20H23N5O2/c1-20(2,3)23-18(26)14-11-21-25-9-8-24(12-17(14)25)19(27)16-10-13-6-4-5-7-15(13)22-16/h4-7,10-11,22H,8-9,12H2,1-3H3,(H,23,26). The van der Waals surface area contributed by atoms with Gasteiger partial charge in [0.15, 0.2) is 0 Å². The Hall–Kier alpha value is -3.09. The first-order valence-corrected chi connectivity index (χ1v) is 9.06. The van der Waals surface area contributed by atoms with Gasteiger partial charge in [0, 0.05) is 23.0 Å². The summed E-state index contributed by atoms with van der Waals surface area (Å²) in [5.41, 5.74) is 2.46. The van der Waals surface area contributed by atoms with Crippen LogP contribution in [0.5, 0.6) is 0 Å². The van der Waals surface area contributed by atoms with Gasteiger partial charge >= 0.3 is 0 Å². The lowest BCUT2D eigenvalue weighted by Crippen LogP contribution is -2.42. The molecule has 0 bridgehead atoms. The number of aromatic amines is 1. The zero-order chi connectivity index (χ0) is 19.2. The van der Waals surface area contributed by atoms with E-state index in [0.717, 1.165) is 16.6 Å². The Kier molecular flexibility index (Phi) is 4.02. The van der Waals surface area contributed by atoms with Gasteiger partial charge in [-0.25, -0.2) is 0 Å². The third-order valence-corrected chi connectivity index (χ3v) is 4.65. The molecule has 2 N–H and O–H groups in total. The number of fused-ring (bicyclic) bond motifs is 2. The predicted molar refractivity (Wildman–Crippen MR) is 102 cm³/mol. The van der Waals surface area contributed by atoms with Crippen LogP contribution < -0.4 is 5.32 Å². The van der Waals surface area contributed by atoms with E-state index in [-0.39, 0.29) is 17.4 Å². The summed E-state index contributed by atoms with van der Waals surface area (Å²) in [6, 6.07) is 9.68. The van der Waals surface area contributed by atoms with Crippen LogP contribution in [0.3, 0.4) is 0 Å². The maximum absolute atomic E-state index is 13.0. The Morgan fingerprint density at radius 2 is 1.96 bits per heavy atom. The van der Waals surface area contributed by atoms with Crippen LogP contribution in [0.15, 0.2) is 36.5 Å². The fourth-order valence-electron chi connectivity index (χ4n) is 3.38. The highest BCUT2D eigenvalue weighted by molar-refractivity contribution is 5.99. The van der Waals surface area contributed by atoms with E-state index in [1.165, 1.54) is 0 Å². The number of nitrogens with one attached hydrogen (secondary N) is 2. The van der Waals surface area contributed by atoms with E-state index in [2.05, 4.69) is 15.4 Å². The average Bonchev–Trinajstić information content (AvgIpc) is 3.23. The van der Waals surface area contributed by atoms with E-state index in [1.807, 2.05) is 55.8 Å². The average molecular weight is 365 g/mol. The summed E-state index contributed by atoms with van der Waals surface area (Å²) in [4.78, 5) is 30.5. The summed E-state index contributed by atoms with van der Waals surface area (Å²) in [5.74, 6) is -0.232. The molecule has 0 fully saturated rings. The van der Waals surface area contributed by atoms with Crippen molar-refractivity contribution in [2.45, 2.75) is 39.4 Å². The highest BCUT2D eigenvalue weighted by Gasteiger charge is 2.28. The molecule has 3 aromatic rings. The molecule has 27 heavy (non-hydrogen) atoms. The summed E-state index contributed by atoms with van der Waals surface area (Å²) in [7, 11) is 0. The van der Waals surface area contributed by atoms with Gasteiger partial charge in [0.2, 0.25) is 0 Å². The zero-order valence-corrected chi connectivity index (χ0v) is 15.7.